The van der Waals surface area contributed by atoms with Crippen LogP contribution < -0.4 is 21.7 Å². The maximum Gasteiger partial charge on any atom is 0.417 e. The molecular weight excluding hydrogens is 405 g/mol. The second-order valence-electron chi connectivity index (χ2n) is 8.10. The lowest BCUT2D eigenvalue weighted by atomic mass is 10.0. The van der Waals surface area contributed by atoms with Crippen LogP contribution in [0.15, 0.2) is 39.7 Å². The lowest BCUT2D eigenvalue weighted by Crippen LogP contribution is -2.42. The SMILES string of the molecule is CC(C)Nc1cc(Nc2ccc3[nH]c(=O)oc3c2)ncc1C(=O)NCC(F)C(C)(C)O. The molecule has 2 heterocycles. The van der Waals surface area contributed by atoms with Gasteiger partial charge in [-0.25, -0.2) is 14.2 Å². The third-order valence-corrected chi connectivity index (χ3v) is 4.49. The highest BCUT2D eigenvalue weighted by Crippen LogP contribution is 2.24. The third-order valence-electron chi connectivity index (χ3n) is 4.49. The number of H-pyrrole nitrogens is 1. The number of anilines is 3. The molecule has 1 atom stereocenters. The maximum absolute atomic E-state index is 14.0. The largest absolute Gasteiger partial charge is 0.417 e. The second kappa shape index (κ2) is 8.76. The highest BCUT2D eigenvalue weighted by atomic mass is 19.1. The number of halogens is 1. The van der Waals surface area contributed by atoms with E-state index in [4.69, 9.17) is 4.42 Å². The number of aromatic nitrogens is 2. The lowest BCUT2D eigenvalue weighted by Gasteiger charge is -2.23. The van der Waals surface area contributed by atoms with Crippen molar-refractivity contribution in [2.45, 2.75) is 45.5 Å². The first-order chi connectivity index (χ1) is 14.5. The van der Waals surface area contributed by atoms with E-state index in [1.807, 2.05) is 13.8 Å². The molecule has 0 saturated carbocycles. The van der Waals surface area contributed by atoms with Crippen molar-refractivity contribution in [1.82, 2.24) is 15.3 Å². The van der Waals surface area contributed by atoms with Gasteiger partial charge in [-0.2, -0.15) is 0 Å². The van der Waals surface area contributed by atoms with Gasteiger partial charge in [0.1, 0.15) is 12.0 Å². The topological polar surface area (TPSA) is 132 Å². The van der Waals surface area contributed by atoms with Crippen molar-refractivity contribution in [1.29, 1.82) is 0 Å². The Labute approximate surface area is 178 Å². The number of hydrogen-bond acceptors (Lipinski definition) is 7. The number of alkyl halides is 1. The molecule has 2 aromatic heterocycles. The van der Waals surface area contributed by atoms with Crippen molar-refractivity contribution < 1.29 is 18.7 Å². The van der Waals surface area contributed by atoms with Crippen LogP contribution in [0.4, 0.5) is 21.6 Å². The normalized spacial score (nSPS) is 12.7. The molecule has 3 rings (SSSR count). The van der Waals surface area contributed by atoms with E-state index in [-0.39, 0.29) is 18.2 Å². The molecule has 1 amide bonds. The van der Waals surface area contributed by atoms with Gasteiger partial charge >= 0.3 is 5.76 Å². The smallest absolute Gasteiger partial charge is 0.408 e. The van der Waals surface area contributed by atoms with Gasteiger partial charge in [-0.05, 0) is 39.8 Å². The molecule has 0 saturated heterocycles. The van der Waals surface area contributed by atoms with Crippen molar-refractivity contribution in [3.05, 3.63) is 46.6 Å². The standard InChI is InChI=1S/C21H26FN5O4/c1-11(2)25-15-8-18(26-12-5-6-14-16(7-12)31-20(29)27-14)23-9-13(15)19(28)24-10-17(22)21(3,4)30/h5-9,11,17,30H,10H2,1-4H3,(H,24,28)(H,27,29)(H2,23,25,26). The Bertz CT molecular complexity index is 1130. The molecule has 10 heteroatoms. The summed E-state index contributed by atoms with van der Waals surface area (Å²) in [6.07, 6.45) is -0.232. The van der Waals surface area contributed by atoms with Crippen molar-refractivity contribution in [3.8, 4) is 0 Å². The fraction of sp³-hybridized carbons (Fsp3) is 0.381. The molecule has 9 nitrogen and oxygen atoms in total. The van der Waals surface area contributed by atoms with E-state index in [2.05, 4.69) is 25.9 Å². The predicted molar refractivity (Wildman–Crippen MR) is 117 cm³/mol. The van der Waals surface area contributed by atoms with Gasteiger partial charge in [0, 0.05) is 30.1 Å². The molecule has 0 aliphatic rings. The van der Waals surface area contributed by atoms with E-state index in [9.17, 15) is 19.1 Å². The van der Waals surface area contributed by atoms with Crippen LogP contribution in [0.1, 0.15) is 38.1 Å². The van der Waals surface area contributed by atoms with Gasteiger partial charge in [0.25, 0.3) is 5.91 Å². The number of carbonyl (C=O) groups is 1. The molecule has 1 unspecified atom stereocenters. The van der Waals surface area contributed by atoms with E-state index in [0.717, 1.165) is 0 Å². The first kappa shape index (κ1) is 22.3. The van der Waals surface area contributed by atoms with Crippen molar-refractivity contribution in [2.75, 3.05) is 17.2 Å². The average Bonchev–Trinajstić information content (AvgIpc) is 3.04. The number of amides is 1. The maximum atomic E-state index is 14.0. The number of rotatable bonds is 8. The molecule has 0 spiro atoms. The average molecular weight is 431 g/mol. The van der Waals surface area contributed by atoms with Crippen LogP contribution in [0.3, 0.4) is 0 Å². The van der Waals surface area contributed by atoms with Gasteiger partial charge < -0.3 is 25.5 Å². The van der Waals surface area contributed by atoms with Gasteiger partial charge in [-0.15, -0.1) is 0 Å². The number of pyridine rings is 1. The molecule has 0 bridgehead atoms. The lowest BCUT2D eigenvalue weighted by molar-refractivity contribution is -0.00177. The quantitative estimate of drug-likeness (QED) is 0.370. The molecule has 31 heavy (non-hydrogen) atoms. The summed E-state index contributed by atoms with van der Waals surface area (Å²) in [4.78, 5) is 30.7. The van der Waals surface area contributed by atoms with Crippen LogP contribution in [0.25, 0.3) is 11.1 Å². The molecule has 5 N–H and O–H groups in total. The minimum atomic E-state index is -1.62. The number of fused-ring (bicyclic) bond motifs is 1. The zero-order valence-corrected chi connectivity index (χ0v) is 17.7. The van der Waals surface area contributed by atoms with Crippen molar-refractivity contribution in [3.63, 3.8) is 0 Å². The summed E-state index contributed by atoms with van der Waals surface area (Å²) in [7, 11) is 0. The van der Waals surface area contributed by atoms with Gasteiger partial charge in [0.2, 0.25) is 0 Å². The summed E-state index contributed by atoms with van der Waals surface area (Å²) < 4.78 is 19.0. The Morgan fingerprint density at radius 3 is 2.74 bits per heavy atom. The first-order valence-corrected chi connectivity index (χ1v) is 9.84. The predicted octanol–water partition coefficient (Wildman–Crippen LogP) is 2.92. The fourth-order valence-corrected chi connectivity index (χ4v) is 2.83. The number of nitrogens with zero attached hydrogens (tertiary/aromatic N) is 1. The van der Waals surface area contributed by atoms with Crippen LogP contribution in [0, 0.1) is 0 Å². The zero-order chi connectivity index (χ0) is 22.8. The van der Waals surface area contributed by atoms with Gasteiger partial charge in [-0.3, -0.25) is 9.78 Å². The van der Waals surface area contributed by atoms with Crippen LogP contribution in [-0.2, 0) is 0 Å². The van der Waals surface area contributed by atoms with E-state index in [0.29, 0.717) is 28.3 Å². The molecule has 0 aliphatic carbocycles. The molecule has 1 aromatic carbocycles. The minimum Gasteiger partial charge on any atom is -0.408 e. The Kier molecular flexibility index (Phi) is 6.30. The molecular formula is C21H26FN5O4. The Morgan fingerprint density at radius 2 is 2.06 bits per heavy atom. The first-order valence-electron chi connectivity index (χ1n) is 9.84. The second-order valence-corrected chi connectivity index (χ2v) is 8.10. The zero-order valence-electron chi connectivity index (χ0n) is 17.7. The van der Waals surface area contributed by atoms with Crippen molar-refractivity contribution in [2.24, 2.45) is 0 Å². The van der Waals surface area contributed by atoms with Crippen LogP contribution in [-0.4, -0.2) is 45.3 Å². The van der Waals surface area contributed by atoms with Crippen molar-refractivity contribution >= 4 is 34.2 Å². The Hall–Kier alpha value is -3.40. The highest BCUT2D eigenvalue weighted by molar-refractivity contribution is 6.00. The van der Waals surface area contributed by atoms with Crippen LogP contribution in [0.5, 0.6) is 0 Å². The van der Waals surface area contributed by atoms with E-state index >= 15 is 0 Å². The number of aromatic amines is 1. The number of nitrogens with one attached hydrogen (secondary N) is 4. The number of carbonyl (C=O) groups excluding carboxylic acids is 1. The van der Waals surface area contributed by atoms with Gasteiger partial charge in [-0.1, -0.05) is 0 Å². The number of benzene rings is 1. The Balaban J connectivity index is 1.81. The minimum absolute atomic E-state index is 0.0255. The van der Waals surface area contributed by atoms with E-state index in [1.54, 1.807) is 24.3 Å². The third kappa shape index (κ3) is 5.60. The number of hydrogen-bond donors (Lipinski definition) is 5. The summed E-state index contributed by atoms with van der Waals surface area (Å²) >= 11 is 0. The van der Waals surface area contributed by atoms with E-state index in [1.165, 1.54) is 20.0 Å². The summed E-state index contributed by atoms with van der Waals surface area (Å²) in [5, 5.41) is 18.5. The van der Waals surface area contributed by atoms with Gasteiger partial charge in [0.05, 0.1) is 28.9 Å². The van der Waals surface area contributed by atoms with E-state index < -0.39 is 23.4 Å². The molecule has 0 aliphatic heterocycles. The summed E-state index contributed by atoms with van der Waals surface area (Å²) in [6, 6.07) is 6.80. The molecule has 3 aromatic rings. The fourth-order valence-electron chi connectivity index (χ4n) is 2.83. The van der Waals surface area contributed by atoms with Gasteiger partial charge in [0.15, 0.2) is 5.58 Å². The summed E-state index contributed by atoms with van der Waals surface area (Å²) in [5.41, 5.74) is 0.819. The number of aliphatic hydroxyl groups is 1. The molecule has 166 valence electrons. The van der Waals surface area contributed by atoms with Crippen LogP contribution in [0.2, 0.25) is 0 Å². The number of oxazole rings is 1. The summed E-state index contributed by atoms with van der Waals surface area (Å²) in [5.74, 6) is -0.592. The highest BCUT2D eigenvalue weighted by Gasteiger charge is 2.27. The van der Waals surface area contributed by atoms with Crippen LogP contribution >= 0.6 is 0 Å². The molecule has 0 fully saturated rings. The monoisotopic (exact) mass is 431 g/mol. The molecule has 0 radical (unpaired) electrons. The Morgan fingerprint density at radius 1 is 1.32 bits per heavy atom. The summed E-state index contributed by atoms with van der Waals surface area (Å²) in [6.45, 7) is 6.19.